The lowest BCUT2D eigenvalue weighted by Crippen LogP contribution is -2.06. The number of rotatable bonds is 11. The Balaban J connectivity index is 0.000000220. The van der Waals surface area contributed by atoms with Gasteiger partial charge in [-0.3, -0.25) is 19.2 Å². The maximum Gasteiger partial charge on any atom is 0.167 e. The maximum absolute atomic E-state index is 12.1. The van der Waals surface area contributed by atoms with Crippen molar-refractivity contribution in [1.29, 1.82) is 0 Å². The second-order valence-corrected chi connectivity index (χ2v) is 9.53. The van der Waals surface area contributed by atoms with Crippen LogP contribution in [0.15, 0.2) is 103 Å². The Bertz CT molecular complexity index is 1420. The number of carbonyl (C=O) groups is 4. The number of Topliss-reactive ketones (excluding diaryl/α,β-unsaturated/α-hetero) is 4. The molecule has 4 aromatic rings. The second-order valence-electron chi connectivity index (χ2n) is 8.72. The lowest BCUT2D eigenvalue weighted by Gasteiger charge is -2.06. The molecule has 4 aromatic carbocycles. The fourth-order valence-corrected chi connectivity index (χ4v) is 4.36. The third kappa shape index (κ3) is 8.73. The van der Waals surface area contributed by atoms with E-state index in [2.05, 4.69) is 0 Å². The summed E-state index contributed by atoms with van der Waals surface area (Å²) in [4.78, 5) is 48.1. The van der Waals surface area contributed by atoms with Crippen molar-refractivity contribution in [2.45, 2.75) is 25.7 Å². The molecule has 40 heavy (non-hydrogen) atoms. The quantitative estimate of drug-likeness (QED) is 0.168. The standard InChI is InChI=1S/C17H16O3.C16H12Cl2O2/c1-20-17-10-6-5-9-14(17)16(19)12-11-15(18)13-7-3-2-4-8-13;17-13-7-3-1-5-11(13)15(19)9-10-16(20)12-6-2-4-8-14(12)18/h2-10H,11-12H2,1H3;1-8H,9-10H2. The molecule has 0 amide bonds. The van der Waals surface area contributed by atoms with Crippen molar-refractivity contribution in [1.82, 2.24) is 0 Å². The van der Waals surface area contributed by atoms with Gasteiger partial charge in [-0.15, -0.1) is 0 Å². The first-order valence-corrected chi connectivity index (χ1v) is 13.4. The number of hydrogen-bond donors (Lipinski definition) is 0. The molecule has 0 aliphatic carbocycles. The summed E-state index contributed by atoms with van der Waals surface area (Å²) < 4.78 is 5.15. The van der Waals surface area contributed by atoms with Gasteiger partial charge in [0.2, 0.25) is 0 Å². The number of methoxy groups -OCH3 is 1. The molecule has 0 aliphatic heterocycles. The molecule has 0 spiro atoms. The molecule has 0 fully saturated rings. The molecule has 0 bridgehead atoms. The summed E-state index contributed by atoms with van der Waals surface area (Å²) >= 11 is 11.9. The van der Waals surface area contributed by atoms with Gasteiger partial charge in [-0.2, -0.15) is 0 Å². The minimum absolute atomic E-state index is 0.0196. The molecule has 0 unspecified atom stereocenters. The van der Waals surface area contributed by atoms with Crippen molar-refractivity contribution in [3.8, 4) is 5.75 Å². The van der Waals surface area contributed by atoms with Crippen LogP contribution in [0, 0.1) is 0 Å². The van der Waals surface area contributed by atoms with Crippen LogP contribution in [0.1, 0.15) is 67.1 Å². The summed E-state index contributed by atoms with van der Waals surface area (Å²) in [5.41, 5.74) is 2.05. The number of hydrogen-bond acceptors (Lipinski definition) is 5. The minimum Gasteiger partial charge on any atom is -0.496 e. The number of para-hydroxylation sites is 1. The normalized spacial score (nSPS) is 10.2. The number of carbonyl (C=O) groups excluding carboxylic acids is 4. The van der Waals surface area contributed by atoms with Crippen LogP contribution < -0.4 is 4.74 Å². The number of ether oxygens (including phenoxy) is 1. The molecule has 7 heteroatoms. The zero-order valence-corrected chi connectivity index (χ0v) is 23.5. The Morgan fingerprint density at radius 2 is 0.875 bits per heavy atom. The smallest absolute Gasteiger partial charge is 0.167 e. The third-order valence-electron chi connectivity index (χ3n) is 6.01. The molecule has 5 nitrogen and oxygen atoms in total. The van der Waals surface area contributed by atoms with E-state index in [-0.39, 0.29) is 48.8 Å². The number of halogens is 2. The average Bonchev–Trinajstić information content (AvgIpc) is 2.99. The number of ketones is 4. The predicted octanol–water partition coefficient (Wildman–Crippen LogP) is 8.38. The van der Waals surface area contributed by atoms with Crippen molar-refractivity contribution in [3.63, 3.8) is 0 Å². The van der Waals surface area contributed by atoms with Crippen molar-refractivity contribution >= 4 is 46.3 Å². The van der Waals surface area contributed by atoms with E-state index in [4.69, 9.17) is 27.9 Å². The molecule has 0 N–H and O–H groups in total. The highest BCUT2D eigenvalue weighted by Gasteiger charge is 2.15. The Kier molecular flexibility index (Phi) is 11.8. The van der Waals surface area contributed by atoms with Gasteiger partial charge in [0.25, 0.3) is 0 Å². The van der Waals surface area contributed by atoms with Gasteiger partial charge in [0.1, 0.15) is 5.75 Å². The molecule has 0 saturated heterocycles. The van der Waals surface area contributed by atoms with E-state index < -0.39 is 0 Å². The van der Waals surface area contributed by atoms with E-state index in [0.717, 1.165) is 0 Å². The average molecular weight is 575 g/mol. The summed E-state index contributed by atoms with van der Waals surface area (Å²) in [7, 11) is 1.53. The highest BCUT2D eigenvalue weighted by molar-refractivity contribution is 6.34. The first kappa shape index (κ1) is 30.5. The van der Waals surface area contributed by atoms with Gasteiger partial charge in [-0.1, -0.05) is 89.9 Å². The largest absolute Gasteiger partial charge is 0.496 e. The van der Waals surface area contributed by atoms with Crippen LogP contribution in [-0.2, 0) is 0 Å². The Morgan fingerprint density at radius 3 is 1.35 bits per heavy atom. The fraction of sp³-hybridized carbons (Fsp3) is 0.152. The van der Waals surface area contributed by atoms with Gasteiger partial charge in [0.15, 0.2) is 23.1 Å². The van der Waals surface area contributed by atoms with Crippen LogP contribution in [0.4, 0.5) is 0 Å². The zero-order chi connectivity index (χ0) is 28.9. The highest BCUT2D eigenvalue weighted by Crippen LogP contribution is 2.21. The summed E-state index contributed by atoms with van der Waals surface area (Å²) in [5, 5.41) is 0.811. The summed E-state index contributed by atoms with van der Waals surface area (Å²) in [6, 6.07) is 29.7. The van der Waals surface area contributed by atoms with Gasteiger partial charge >= 0.3 is 0 Å². The van der Waals surface area contributed by atoms with Crippen LogP contribution in [-0.4, -0.2) is 30.2 Å². The Morgan fingerprint density at radius 1 is 0.500 bits per heavy atom. The zero-order valence-electron chi connectivity index (χ0n) is 21.9. The summed E-state index contributed by atoms with van der Waals surface area (Å²) in [6.07, 6.45) is 0.635. The summed E-state index contributed by atoms with van der Waals surface area (Å²) in [5.74, 6) is 0.164. The van der Waals surface area contributed by atoms with Crippen molar-refractivity contribution in [3.05, 3.63) is 135 Å². The van der Waals surface area contributed by atoms with E-state index in [9.17, 15) is 19.2 Å². The monoisotopic (exact) mass is 574 g/mol. The number of benzene rings is 4. The molecule has 0 radical (unpaired) electrons. The van der Waals surface area contributed by atoms with Crippen LogP contribution >= 0.6 is 23.2 Å². The molecule has 0 aliphatic rings. The summed E-state index contributed by atoms with van der Waals surface area (Å²) in [6.45, 7) is 0. The molecule has 204 valence electrons. The van der Waals surface area contributed by atoms with Crippen molar-refractivity contribution in [2.24, 2.45) is 0 Å². The van der Waals surface area contributed by atoms with Gasteiger partial charge in [0.05, 0.1) is 22.7 Å². The van der Waals surface area contributed by atoms with Crippen molar-refractivity contribution < 1.29 is 23.9 Å². The maximum atomic E-state index is 12.1. The fourth-order valence-electron chi connectivity index (χ4n) is 3.88. The van der Waals surface area contributed by atoms with Gasteiger partial charge in [-0.05, 0) is 36.4 Å². The van der Waals surface area contributed by atoms with E-state index in [1.165, 1.54) is 7.11 Å². The first-order valence-electron chi connectivity index (χ1n) is 12.6. The van der Waals surface area contributed by atoms with Crippen LogP contribution in [0.2, 0.25) is 10.0 Å². The second kappa shape index (κ2) is 15.5. The molecule has 4 rings (SSSR count). The minimum atomic E-state index is -0.143. The molecular weight excluding hydrogens is 547 g/mol. The topological polar surface area (TPSA) is 77.5 Å². The molecule has 0 aromatic heterocycles. The first-order chi connectivity index (χ1) is 19.3. The van der Waals surface area contributed by atoms with Gasteiger partial charge in [0, 0.05) is 42.4 Å². The van der Waals surface area contributed by atoms with E-state index in [1.807, 2.05) is 24.3 Å². The predicted molar refractivity (Wildman–Crippen MR) is 158 cm³/mol. The SMILES string of the molecule is COc1ccccc1C(=O)CCC(=O)c1ccccc1.O=C(CCC(=O)c1ccccc1Cl)c1ccccc1Cl. The lowest BCUT2D eigenvalue weighted by molar-refractivity contribution is 0.0916. The van der Waals surface area contributed by atoms with E-state index in [1.54, 1.807) is 78.9 Å². The Labute approximate surface area is 243 Å². The molecule has 0 atom stereocenters. The molecular formula is C33H28Cl2O5. The van der Waals surface area contributed by atoms with E-state index in [0.29, 0.717) is 38.0 Å². The van der Waals surface area contributed by atoms with Gasteiger partial charge < -0.3 is 4.74 Å². The molecule has 0 heterocycles. The van der Waals surface area contributed by atoms with Crippen LogP contribution in [0.5, 0.6) is 5.75 Å². The van der Waals surface area contributed by atoms with Gasteiger partial charge in [-0.25, -0.2) is 0 Å². The Hall–Kier alpha value is -4.06. The lowest BCUT2D eigenvalue weighted by atomic mass is 10.0. The van der Waals surface area contributed by atoms with Crippen molar-refractivity contribution in [2.75, 3.05) is 7.11 Å². The molecule has 0 saturated carbocycles. The van der Waals surface area contributed by atoms with Crippen LogP contribution in [0.3, 0.4) is 0 Å². The van der Waals surface area contributed by atoms with E-state index >= 15 is 0 Å². The van der Waals surface area contributed by atoms with Crippen LogP contribution in [0.25, 0.3) is 0 Å². The highest BCUT2D eigenvalue weighted by atomic mass is 35.5. The third-order valence-corrected chi connectivity index (χ3v) is 6.67.